The Kier molecular flexibility index (Phi) is 0.975. The average molecular weight is 117 g/mol. The summed E-state index contributed by atoms with van der Waals surface area (Å²) in [4.78, 5) is 4.14. The highest BCUT2D eigenvalue weighted by Gasteiger charge is 2.07. The fraction of sp³-hybridized carbons (Fsp3) is 0. The molecule has 1 aliphatic rings. The molecule has 0 atom stereocenters. The van der Waals surface area contributed by atoms with Gasteiger partial charge >= 0.3 is 0 Å². The third kappa shape index (κ3) is 0.668. The fourth-order valence-corrected chi connectivity index (χ4v) is 0.334. The van der Waals surface area contributed by atoms with Gasteiger partial charge in [-0.15, -0.1) is 4.94 Å². The van der Waals surface area contributed by atoms with Crippen molar-refractivity contribution in [3.05, 3.63) is 17.2 Å². The van der Waals surface area contributed by atoms with Crippen LogP contribution in [0, 0.1) is 5.21 Å². The highest BCUT2D eigenvalue weighted by Crippen LogP contribution is 2.05. The van der Waals surface area contributed by atoms with Gasteiger partial charge in [0.1, 0.15) is 5.82 Å². The van der Waals surface area contributed by atoms with Crippen molar-refractivity contribution in [3.8, 4) is 0 Å². The molecule has 1 rings (SSSR count). The second-order valence-electron chi connectivity index (χ2n) is 1.25. The zero-order chi connectivity index (χ0) is 6.15. The van der Waals surface area contributed by atoms with E-state index in [1.165, 1.54) is 0 Å². The molecule has 4 N–H and O–H groups in total. The predicted molar refractivity (Wildman–Crippen MR) is 24.6 cm³/mol. The molecule has 6 heteroatoms. The predicted octanol–water partition coefficient (Wildman–Crippen LogP) is -1.42. The van der Waals surface area contributed by atoms with Crippen molar-refractivity contribution in [2.24, 2.45) is 11.6 Å². The van der Waals surface area contributed by atoms with Crippen LogP contribution in [0.3, 0.4) is 0 Å². The third-order valence-corrected chi connectivity index (χ3v) is 0.639. The molecule has 6 nitrogen and oxygen atoms in total. The molecule has 0 spiro atoms. The van der Waals surface area contributed by atoms with Crippen molar-refractivity contribution in [2.75, 3.05) is 0 Å². The van der Waals surface area contributed by atoms with E-state index in [1.807, 2.05) is 0 Å². The summed E-state index contributed by atoms with van der Waals surface area (Å²) < 4.78 is 0. The Hall–Kier alpha value is -0.980. The summed E-state index contributed by atoms with van der Waals surface area (Å²) in [6.07, 6.45) is 1.16. The van der Waals surface area contributed by atoms with Gasteiger partial charge in [0, 0.05) is 0 Å². The minimum absolute atomic E-state index is 0.0625. The molecule has 1 aliphatic heterocycles. The number of nitrogens with two attached hydrogens (primary N) is 2. The molecule has 1 heterocycles. The van der Waals surface area contributed by atoms with Crippen LogP contribution in [0.5, 0.6) is 0 Å². The van der Waals surface area contributed by atoms with Crippen molar-refractivity contribution in [1.29, 1.82) is 0 Å². The van der Waals surface area contributed by atoms with Crippen LogP contribution in [0.15, 0.2) is 12.0 Å². The lowest BCUT2D eigenvalue weighted by Gasteiger charge is -2.21. The average Bonchev–Trinajstić information content (AvgIpc) is 1.85. The van der Waals surface area contributed by atoms with Crippen molar-refractivity contribution in [1.82, 2.24) is 10.4 Å². The molecule has 0 aromatic heterocycles. The van der Waals surface area contributed by atoms with Gasteiger partial charge in [0.05, 0.1) is 6.20 Å². The van der Waals surface area contributed by atoms with Gasteiger partial charge in [0.25, 0.3) is 0 Å². The molecule has 0 fully saturated rings. The summed E-state index contributed by atoms with van der Waals surface area (Å²) in [5.74, 6) is 4.87. The molecule has 0 saturated carbocycles. The molecule has 0 aliphatic carbocycles. The van der Waals surface area contributed by atoms with Gasteiger partial charge in [-0.1, -0.05) is 0 Å². The maximum absolute atomic E-state index is 10.2. The van der Waals surface area contributed by atoms with Crippen LogP contribution in [0.2, 0.25) is 0 Å². The van der Waals surface area contributed by atoms with Gasteiger partial charge in [-0.3, -0.25) is 5.23 Å². The molecule has 8 heavy (non-hydrogen) atoms. The van der Waals surface area contributed by atoms with Crippen LogP contribution < -0.4 is 11.6 Å². The molecule has 0 saturated heterocycles. The first kappa shape index (κ1) is 5.16. The second kappa shape index (κ2) is 1.51. The summed E-state index contributed by atoms with van der Waals surface area (Å²) in [5, 5.41) is 11.0. The first-order chi connectivity index (χ1) is 3.70. The standard InChI is InChI=1S/C2H5N4O2/c3-2-1-5(4)8-6(2)7/h1H,3-4H2/q-1. The minimum Gasteiger partial charge on any atom is -0.730 e. The molecule has 0 unspecified atom stereocenters. The van der Waals surface area contributed by atoms with E-state index in [-0.39, 0.29) is 11.0 Å². The van der Waals surface area contributed by atoms with Crippen molar-refractivity contribution in [3.63, 3.8) is 0 Å². The van der Waals surface area contributed by atoms with E-state index in [0.717, 1.165) is 11.4 Å². The number of hydrogen-bond acceptors (Lipinski definition) is 6. The van der Waals surface area contributed by atoms with Crippen molar-refractivity contribution >= 4 is 0 Å². The first-order valence-electron chi connectivity index (χ1n) is 1.87. The topological polar surface area (TPSA) is 90.8 Å². The Labute approximate surface area is 45.3 Å². The van der Waals surface area contributed by atoms with Gasteiger partial charge in [-0.05, 0) is 0 Å². The van der Waals surface area contributed by atoms with E-state index in [0.29, 0.717) is 0 Å². The monoisotopic (exact) mass is 117 g/mol. The van der Waals surface area contributed by atoms with Crippen LogP contribution in [-0.2, 0) is 4.94 Å². The molecular formula is C2H5N4O2-. The van der Waals surface area contributed by atoms with E-state index in [9.17, 15) is 5.21 Å². The molecule has 0 aromatic carbocycles. The van der Waals surface area contributed by atoms with Gasteiger partial charge in [0.2, 0.25) is 0 Å². The van der Waals surface area contributed by atoms with Crippen LogP contribution in [0.25, 0.3) is 0 Å². The number of hydroxylamine groups is 3. The number of rotatable bonds is 0. The van der Waals surface area contributed by atoms with E-state index >= 15 is 0 Å². The summed E-state index contributed by atoms with van der Waals surface area (Å²) in [5.41, 5.74) is 5.00. The van der Waals surface area contributed by atoms with Crippen molar-refractivity contribution in [2.45, 2.75) is 0 Å². The Balaban J connectivity index is 2.59. The smallest absolute Gasteiger partial charge is 0.135 e. The van der Waals surface area contributed by atoms with Crippen LogP contribution >= 0.6 is 0 Å². The Morgan fingerprint density at radius 2 is 2.38 bits per heavy atom. The third-order valence-electron chi connectivity index (χ3n) is 0.639. The van der Waals surface area contributed by atoms with Crippen molar-refractivity contribution < 1.29 is 4.94 Å². The number of hydrogen-bond donors (Lipinski definition) is 2. The lowest BCUT2D eigenvalue weighted by Crippen LogP contribution is -2.25. The summed E-state index contributed by atoms with van der Waals surface area (Å²) in [6, 6.07) is 0. The zero-order valence-corrected chi connectivity index (χ0v) is 3.94. The molecule has 0 bridgehead atoms. The highest BCUT2D eigenvalue weighted by atomic mass is 17.0. The maximum Gasteiger partial charge on any atom is 0.135 e. The van der Waals surface area contributed by atoms with E-state index in [4.69, 9.17) is 11.6 Å². The minimum atomic E-state index is -0.0625. The van der Waals surface area contributed by atoms with E-state index < -0.39 is 0 Å². The van der Waals surface area contributed by atoms with Gasteiger partial charge < -0.3 is 10.9 Å². The zero-order valence-electron chi connectivity index (χ0n) is 3.94. The SMILES string of the molecule is NC1=CN(N)ON1[O-]. The van der Waals surface area contributed by atoms with Gasteiger partial charge in [0.15, 0.2) is 0 Å². The molecule has 0 radical (unpaired) electrons. The largest absolute Gasteiger partial charge is 0.730 e. The Bertz CT molecular complexity index is 123. The Morgan fingerprint density at radius 1 is 1.75 bits per heavy atom. The molecular weight excluding hydrogens is 112 g/mol. The molecule has 46 valence electrons. The van der Waals surface area contributed by atoms with Crippen LogP contribution in [0.4, 0.5) is 0 Å². The van der Waals surface area contributed by atoms with Gasteiger partial charge in [-0.25, -0.2) is 5.84 Å². The number of hydrazine groups is 1. The summed E-state index contributed by atoms with van der Waals surface area (Å²) >= 11 is 0. The van der Waals surface area contributed by atoms with E-state index in [2.05, 4.69) is 4.94 Å². The van der Waals surface area contributed by atoms with Crippen LogP contribution in [0.1, 0.15) is 0 Å². The lowest BCUT2D eigenvalue weighted by atomic mass is 10.8. The molecule has 0 aromatic rings. The summed E-state index contributed by atoms with van der Waals surface area (Å²) in [6.45, 7) is 0. The highest BCUT2D eigenvalue weighted by molar-refractivity contribution is 4.93. The Morgan fingerprint density at radius 3 is 2.50 bits per heavy atom. The summed E-state index contributed by atoms with van der Waals surface area (Å²) in [7, 11) is 0. The van der Waals surface area contributed by atoms with E-state index in [1.54, 1.807) is 0 Å². The first-order valence-corrected chi connectivity index (χ1v) is 1.87. The van der Waals surface area contributed by atoms with Gasteiger partial charge in [-0.2, -0.15) is 5.17 Å². The molecule has 0 amide bonds. The normalized spacial score (nSPS) is 19.5. The van der Waals surface area contributed by atoms with Crippen LogP contribution in [-0.4, -0.2) is 10.4 Å². The fourth-order valence-electron chi connectivity index (χ4n) is 0.334. The maximum atomic E-state index is 10.2. The second-order valence-corrected chi connectivity index (χ2v) is 1.25. The lowest BCUT2D eigenvalue weighted by molar-refractivity contribution is -0.242. The number of nitrogens with zero attached hydrogens (tertiary/aromatic N) is 2. The quantitative estimate of drug-likeness (QED) is 0.378.